The maximum absolute atomic E-state index is 6.17. The van der Waals surface area contributed by atoms with Crippen molar-refractivity contribution in [3.05, 3.63) is 0 Å². The predicted molar refractivity (Wildman–Crippen MR) is 80.0 cm³/mol. The third-order valence-corrected chi connectivity index (χ3v) is 5.23. The Bertz CT molecular complexity index is 299. The van der Waals surface area contributed by atoms with Crippen LogP contribution in [0.1, 0.15) is 44.9 Å². The molecule has 0 amide bonds. The number of nitrogens with zero attached hydrogens (tertiary/aromatic N) is 1. The van der Waals surface area contributed by atoms with Crippen molar-refractivity contribution in [2.24, 2.45) is 0 Å². The average Bonchev–Trinajstić information content (AvgIpc) is 2.46. The lowest BCUT2D eigenvalue weighted by molar-refractivity contribution is -0.110. The van der Waals surface area contributed by atoms with Crippen molar-refractivity contribution < 1.29 is 9.47 Å². The van der Waals surface area contributed by atoms with Gasteiger partial charge in [0.05, 0.1) is 18.3 Å². The van der Waals surface area contributed by atoms with Gasteiger partial charge in [-0.1, -0.05) is 19.3 Å². The molecule has 0 aromatic carbocycles. The monoisotopic (exact) mass is 282 g/mol. The summed E-state index contributed by atoms with van der Waals surface area (Å²) < 4.78 is 12.0. The molecule has 1 saturated carbocycles. The largest absolute Gasteiger partial charge is 0.375 e. The Balaban J connectivity index is 1.45. The van der Waals surface area contributed by atoms with Gasteiger partial charge < -0.3 is 19.7 Å². The van der Waals surface area contributed by atoms with Crippen LogP contribution in [0.3, 0.4) is 0 Å². The second-order valence-electron chi connectivity index (χ2n) is 6.95. The fourth-order valence-corrected chi connectivity index (χ4v) is 4.03. The van der Waals surface area contributed by atoms with Crippen LogP contribution < -0.4 is 5.32 Å². The van der Waals surface area contributed by atoms with E-state index in [1.807, 2.05) is 0 Å². The van der Waals surface area contributed by atoms with E-state index < -0.39 is 0 Å². The molecule has 3 fully saturated rings. The second kappa shape index (κ2) is 6.73. The van der Waals surface area contributed by atoms with Crippen LogP contribution in [0.15, 0.2) is 0 Å². The number of likely N-dealkylation sites (N-methyl/N-ethyl adjacent to an activating group) is 1. The summed E-state index contributed by atoms with van der Waals surface area (Å²) in [7, 11) is 2.18. The van der Waals surface area contributed by atoms with E-state index in [2.05, 4.69) is 17.3 Å². The normalized spacial score (nSPS) is 35.2. The highest BCUT2D eigenvalue weighted by atomic mass is 16.5. The number of hydrogen-bond donors (Lipinski definition) is 1. The summed E-state index contributed by atoms with van der Waals surface area (Å²) in [6, 6.07) is 0.623. The molecule has 0 bridgehead atoms. The minimum absolute atomic E-state index is 0.207. The zero-order chi connectivity index (χ0) is 13.8. The Hall–Kier alpha value is -0.160. The predicted octanol–water partition coefficient (Wildman–Crippen LogP) is 1.79. The van der Waals surface area contributed by atoms with E-state index in [1.165, 1.54) is 38.5 Å². The van der Waals surface area contributed by atoms with E-state index in [4.69, 9.17) is 9.47 Å². The van der Waals surface area contributed by atoms with Crippen molar-refractivity contribution in [1.82, 2.24) is 10.2 Å². The molecule has 2 unspecified atom stereocenters. The van der Waals surface area contributed by atoms with Gasteiger partial charge in [-0.3, -0.25) is 0 Å². The minimum atomic E-state index is 0.207. The quantitative estimate of drug-likeness (QED) is 0.856. The van der Waals surface area contributed by atoms with E-state index in [0.29, 0.717) is 12.1 Å². The first kappa shape index (κ1) is 14.8. The molecule has 4 heteroatoms. The zero-order valence-corrected chi connectivity index (χ0v) is 12.9. The van der Waals surface area contributed by atoms with Gasteiger partial charge in [0.1, 0.15) is 0 Å². The SMILES string of the molecule is CN1CCOC(CNC2CCOC3(CCCCC3)C2)C1. The molecule has 2 aliphatic heterocycles. The molecular formula is C16H30N2O2. The van der Waals surface area contributed by atoms with Crippen molar-refractivity contribution >= 4 is 0 Å². The fourth-order valence-electron chi connectivity index (χ4n) is 4.03. The Morgan fingerprint density at radius 3 is 2.85 bits per heavy atom. The van der Waals surface area contributed by atoms with Crippen molar-refractivity contribution in [3.8, 4) is 0 Å². The van der Waals surface area contributed by atoms with Crippen LogP contribution in [-0.2, 0) is 9.47 Å². The maximum Gasteiger partial charge on any atom is 0.0826 e. The summed E-state index contributed by atoms with van der Waals surface area (Å²) in [5.74, 6) is 0. The molecule has 0 aromatic heterocycles. The van der Waals surface area contributed by atoms with Gasteiger partial charge in [-0.2, -0.15) is 0 Å². The van der Waals surface area contributed by atoms with Gasteiger partial charge in [0, 0.05) is 32.3 Å². The standard InChI is InChI=1S/C16H30N2O2/c1-18-8-10-19-15(13-18)12-17-14-5-9-20-16(11-14)6-3-2-4-7-16/h14-15,17H,2-13H2,1H3. The van der Waals surface area contributed by atoms with Crippen LogP contribution in [0.25, 0.3) is 0 Å². The van der Waals surface area contributed by atoms with E-state index in [9.17, 15) is 0 Å². The van der Waals surface area contributed by atoms with Crippen LogP contribution >= 0.6 is 0 Å². The highest BCUT2D eigenvalue weighted by molar-refractivity contribution is 4.92. The minimum Gasteiger partial charge on any atom is -0.375 e. The van der Waals surface area contributed by atoms with E-state index in [1.54, 1.807) is 0 Å². The number of ether oxygens (including phenoxy) is 2. The van der Waals surface area contributed by atoms with Gasteiger partial charge in [0.15, 0.2) is 0 Å². The van der Waals surface area contributed by atoms with Gasteiger partial charge in [-0.15, -0.1) is 0 Å². The number of nitrogens with one attached hydrogen (secondary N) is 1. The van der Waals surface area contributed by atoms with E-state index in [0.717, 1.165) is 39.3 Å². The topological polar surface area (TPSA) is 33.7 Å². The molecule has 1 aliphatic carbocycles. The molecular weight excluding hydrogens is 252 g/mol. The second-order valence-corrected chi connectivity index (χ2v) is 6.95. The molecule has 2 heterocycles. The molecule has 116 valence electrons. The summed E-state index contributed by atoms with van der Waals surface area (Å²) in [6.07, 6.45) is 9.36. The summed E-state index contributed by atoms with van der Waals surface area (Å²) in [5.41, 5.74) is 0.207. The summed E-state index contributed by atoms with van der Waals surface area (Å²) in [4.78, 5) is 2.36. The maximum atomic E-state index is 6.17. The summed E-state index contributed by atoms with van der Waals surface area (Å²) in [5, 5.41) is 3.75. The molecule has 0 aromatic rings. The Labute approximate surface area is 123 Å². The smallest absolute Gasteiger partial charge is 0.0826 e. The molecule has 3 rings (SSSR count). The highest BCUT2D eigenvalue weighted by Crippen LogP contribution is 2.38. The van der Waals surface area contributed by atoms with Crippen LogP contribution in [0.4, 0.5) is 0 Å². The third-order valence-electron chi connectivity index (χ3n) is 5.23. The van der Waals surface area contributed by atoms with E-state index >= 15 is 0 Å². The summed E-state index contributed by atoms with van der Waals surface area (Å²) in [6.45, 7) is 4.92. The molecule has 20 heavy (non-hydrogen) atoms. The average molecular weight is 282 g/mol. The molecule has 3 aliphatic rings. The highest BCUT2D eigenvalue weighted by Gasteiger charge is 2.38. The lowest BCUT2D eigenvalue weighted by Crippen LogP contribution is -2.51. The first-order valence-electron chi connectivity index (χ1n) is 8.43. The fraction of sp³-hybridized carbons (Fsp3) is 1.00. The van der Waals surface area contributed by atoms with Gasteiger partial charge in [-0.05, 0) is 32.7 Å². The Morgan fingerprint density at radius 1 is 1.20 bits per heavy atom. The lowest BCUT2D eigenvalue weighted by atomic mass is 9.78. The molecule has 0 radical (unpaired) electrons. The number of rotatable bonds is 3. The van der Waals surface area contributed by atoms with Crippen molar-refractivity contribution in [1.29, 1.82) is 0 Å². The lowest BCUT2D eigenvalue weighted by Gasteiger charge is -2.44. The number of hydrogen-bond acceptors (Lipinski definition) is 4. The molecule has 2 saturated heterocycles. The van der Waals surface area contributed by atoms with Crippen LogP contribution in [0.2, 0.25) is 0 Å². The molecule has 2 atom stereocenters. The first-order chi connectivity index (χ1) is 9.76. The van der Waals surface area contributed by atoms with Gasteiger partial charge in [0.2, 0.25) is 0 Å². The Kier molecular flexibility index (Phi) is 4.97. The van der Waals surface area contributed by atoms with Crippen LogP contribution in [-0.4, -0.2) is 62.5 Å². The Morgan fingerprint density at radius 2 is 2.05 bits per heavy atom. The van der Waals surface area contributed by atoms with Crippen LogP contribution in [0.5, 0.6) is 0 Å². The molecule has 1 spiro atoms. The van der Waals surface area contributed by atoms with Crippen molar-refractivity contribution in [2.45, 2.75) is 62.7 Å². The van der Waals surface area contributed by atoms with Gasteiger partial charge in [0.25, 0.3) is 0 Å². The zero-order valence-electron chi connectivity index (χ0n) is 12.9. The summed E-state index contributed by atoms with van der Waals surface area (Å²) >= 11 is 0. The third kappa shape index (κ3) is 3.73. The van der Waals surface area contributed by atoms with Gasteiger partial charge >= 0.3 is 0 Å². The van der Waals surface area contributed by atoms with Gasteiger partial charge in [-0.25, -0.2) is 0 Å². The van der Waals surface area contributed by atoms with E-state index in [-0.39, 0.29) is 5.60 Å². The molecule has 1 N–H and O–H groups in total. The van der Waals surface area contributed by atoms with Crippen LogP contribution in [0, 0.1) is 0 Å². The van der Waals surface area contributed by atoms with Crippen molar-refractivity contribution in [3.63, 3.8) is 0 Å². The first-order valence-corrected chi connectivity index (χ1v) is 8.43. The molecule has 4 nitrogen and oxygen atoms in total. The number of morpholine rings is 1. The van der Waals surface area contributed by atoms with Crippen molar-refractivity contribution in [2.75, 3.05) is 39.9 Å².